The van der Waals surface area contributed by atoms with E-state index < -0.39 is 21.0 Å². The Morgan fingerprint density at radius 2 is 1.95 bits per heavy atom. The lowest BCUT2D eigenvalue weighted by atomic mass is 10.2. The lowest BCUT2D eigenvalue weighted by molar-refractivity contribution is 0.102. The fourth-order valence-electron chi connectivity index (χ4n) is 1.84. The number of hydrogen-bond donors (Lipinski definition) is 1. The van der Waals surface area contributed by atoms with Gasteiger partial charge >= 0.3 is 0 Å². The number of nitrogens with zero attached hydrogens (tertiary/aromatic N) is 2. The summed E-state index contributed by atoms with van der Waals surface area (Å²) in [7, 11) is -1.79. The van der Waals surface area contributed by atoms with E-state index >= 15 is 0 Å². The van der Waals surface area contributed by atoms with Crippen LogP contribution in [0.1, 0.15) is 24.2 Å². The van der Waals surface area contributed by atoms with Crippen LogP contribution in [-0.2, 0) is 16.9 Å². The second kappa shape index (κ2) is 5.69. The Morgan fingerprint density at radius 3 is 2.52 bits per heavy atom. The monoisotopic (exact) mass is 307 g/mol. The smallest absolute Gasteiger partial charge is 0.257 e. The molecule has 21 heavy (non-hydrogen) atoms. The predicted octanol–water partition coefficient (Wildman–Crippen LogP) is 1.85. The van der Waals surface area contributed by atoms with Crippen LogP contribution in [0.15, 0.2) is 41.6 Å². The van der Waals surface area contributed by atoms with Gasteiger partial charge in [0, 0.05) is 13.2 Å². The molecule has 1 N–H and O–H groups in total. The van der Waals surface area contributed by atoms with E-state index in [1.807, 2.05) is 0 Å². The molecule has 6 nitrogen and oxygen atoms in total. The summed E-state index contributed by atoms with van der Waals surface area (Å²) in [6.45, 7) is 3.18. The Labute approximate surface area is 123 Å². The van der Waals surface area contributed by atoms with Crippen molar-refractivity contribution in [3.8, 4) is 0 Å². The third-order valence-electron chi connectivity index (χ3n) is 3.02. The van der Waals surface area contributed by atoms with Crippen LogP contribution in [0.4, 0.5) is 5.69 Å². The first kappa shape index (κ1) is 15.2. The molecule has 0 atom stereocenters. The van der Waals surface area contributed by atoms with Crippen LogP contribution in [0.2, 0.25) is 0 Å². The molecule has 0 radical (unpaired) electrons. The molecule has 1 amide bonds. The van der Waals surface area contributed by atoms with Gasteiger partial charge in [-0.1, -0.05) is 12.1 Å². The maximum atomic E-state index is 12.3. The number of carbonyl (C=O) groups is 1. The van der Waals surface area contributed by atoms with E-state index in [9.17, 15) is 13.2 Å². The number of aromatic nitrogens is 2. The molecule has 2 aromatic rings. The van der Waals surface area contributed by atoms with Gasteiger partial charge in [-0.15, -0.1) is 0 Å². The van der Waals surface area contributed by atoms with Crippen molar-refractivity contribution in [3.63, 3.8) is 0 Å². The van der Waals surface area contributed by atoms with Crippen LogP contribution >= 0.6 is 0 Å². The number of rotatable bonds is 4. The van der Waals surface area contributed by atoms with Gasteiger partial charge in [0.1, 0.15) is 0 Å². The minimum Gasteiger partial charge on any atom is -0.319 e. The van der Waals surface area contributed by atoms with Gasteiger partial charge in [-0.2, -0.15) is 5.10 Å². The summed E-state index contributed by atoms with van der Waals surface area (Å²) < 4.78 is 26.2. The quantitative estimate of drug-likeness (QED) is 0.934. The van der Waals surface area contributed by atoms with E-state index in [4.69, 9.17) is 0 Å². The number of anilines is 1. The van der Waals surface area contributed by atoms with E-state index in [0.29, 0.717) is 5.69 Å². The van der Waals surface area contributed by atoms with Crippen LogP contribution in [-0.4, -0.2) is 29.4 Å². The van der Waals surface area contributed by atoms with Crippen LogP contribution in [0, 0.1) is 0 Å². The van der Waals surface area contributed by atoms with Gasteiger partial charge in [0.15, 0.2) is 9.84 Å². The third-order valence-corrected chi connectivity index (χ3v) is 5.23. The molecule has 0 aliphatic carbocycles. The fraction of sp³-hybridized carbons (Fsp3) is 0.286. The topological polar surface area (TPSA) is 81.1 Å². The summed E-state index contributed by atoms with van der Waals surface area (Å²) in [5.74, 6) is -0.470. The van der Waals surface area contributed by atoms with Gasteiger partial charge in [0.25, 0.3) is 5.91 Å². The first-order valence-electron chi connectivity index (χ1n) is 6.45. The molecular formula is C14H17N3O3S. The van der Waals surface area contributed by atoms with E-state index in [-0.39, 0.29) is 10.5 Å². The number of carbonyl (C=O) groups excluding carboxylic acids is 1. The second-order valence-electron chi connectivity index (χ2n) is 4.95. The van der Waals surface area contributed by atoms with E-state index in [0.717, 1.165) is 0 Å². The minimum absolute atomic E-state index is 0.0430. The lowest BCUT2D eigenvalue weighted by Gasteiger charge is -2.12. The Kier molecular flexibility index (Phi) is 4.13. The van der Waals surface area contributed by atoms with Crippen molar-refractivity contribution in [1.82, 2.24) is 9.78 Å². The summed E-state index contributed by atoms with van der Waals surface area (Å²) in [5.41, 5.74) is 0.648. The molecule has 0 fully saturated rings. The van der Waals surface area contributed by atoms with E-state index in [1.54, 1.807) is 43.9 Å². The van der Waals surface area contributed by atoms with E-state index in [1.165, 1.54) is 18.3 Å². The average molecular weight is 307 g/mol. The summed E-state index contributed by atoms with van der Waals surface area (Å²) in [6, 6.07) is 6.20. The van der Waals surface area contributed by atoms with Crippen LogP contribution in [0.3, 0.4) is 0 Å². The molecule has 1 heterocycles. The fourth-order valence-corrected chi connectivity index (χ4v) is 3.08. The molecule has 2 rings (SSSR count). The van der Waals surface area contributed by atoms with Gasteiger partial charge in [-0.3, -0.25) is 9.48 Å². The maximum Gasteiger partial charge on any atom is 0.257 e. The van der Waals surface area contributed by atoms with Gasteiger partial charge < -0.3 is 5.32 Å². The van der Waals surface area contributed by atoms with Crippen molar-refractivity contribution in [2.75, 3.05) is 5.32 Å². The summed E-state index contributed by atoms with van der Waals surface area (Å²) in [5, 5.41) is 6.00. The number of aryl methyl sites for hydroxylation is 1. The second-order valence-corrected chi connectivity index (χ2v) is 7.42. The highest BCUT2D eigenvalue weighted by Crippen LogP contribution is 2.21. The summed E-state index contributed by atoms with van der Waals surface area (Å²) in [4.78, 5) is 12.3. The Balaban J connectivity index is 2.38. The highest BCUT2D eigenvalue weighted by atomic mass is 32.2. The molecule has 0 aliphatic rings. The number of hydrogen-bond acceptors (Lipinski definition) is 4. The number of benzene rings is 1. The zero-order valence-electron chi connectivity index (χ0n) is 12.1. The van der Waals surface area contributed by atoms with Crippen LogP contribution in [0.5, 0.6) is 0 Å². The molecule has 1 aromatic heterocycles. The number of nitrogens with one attached hydrogen (secondary N) is 1. The van der Waals surface area contributed by atoms with Gasteiger partial charge in [-0.25, -0.2) is 8.42 Å². The lowest BCUT2D eigenvalue weighted by Crippen LogP contribution is -2.20. The minimum atomic E-state index is -3.52. The molecule has 0 bridgehead atoms. The van der Waals surface area contributed by atoms with Crippen molar-refractivity contribution in [2.24, 2.45) is 7.05 Å². The Bertz CT molecular complexity index is 763. The van der Waals surface area contributed by atoms with Crippen LogP contribution in [0.25, 0.3) is 0 Å². The number of amides is 1. The SMILES string of the molecule is CC(C)S(=O)(=O)c1ccccc1C(=O)Nc1cnn(C)c1. The van der Waals surface area contributed by atoms with E-state index in [2.05, 4.69) is 10.4 Å². The molecule has 0 saturated heterocycles. The molecule has 1 aromatic carbocycles. The highest BCUT2D eigenvalue weighted by Gasteiger charge is 2.25. The normalized spacial score (nSPS) is 11.6. The third kappa shape index (κ3) is 3.13. The first-order valence-corrected chi connectivity index (χ1v) is 8.00. The molecule has 0 spiro atoms. The van der Waals surface area contributed by atoms with Gasteiger partial charge in [-0.05, 0) is 26.0 Å². The van der Waals surface area contributed by atoms with Crippen molar-refractivity contribution in [2.45, 2.75) is 24.0 Å². The zero-order valence-corrected chi connectivity index (χ0v) is 12.9. The maximum absolute atomic E-state index is 12.3. The largest absolute Gasteiger partial charge is 0.319 e. The molecule has 112 valence electrons. The molecule has 0 saturated carbocycles. The van der Waals surface area contributed by atoms with Crippen molar-refractivity contribution < 1.29 is 13.2 Å². The predicted molar refractivity (Wildman–Crippen MR) is 79.9 cm³/mol. The van der Waals surface area contributed by atoms with Crippen LogP contribution < -0.4 is 5.32 Å². The zero-order chi connectivity index (χ0) is 15.6. The molecule has 0 aliphatic heterocycles. The molecule has 0 unspecified atom stereocenters. The van der Waals surface area contributed by atoms with Crippen molar-refractivity contribution >= 4 is 21.4 Å². The Hall–Kier alpha value is -2.15. The van der Waals surface area contributed by atoms with Crippen molar-refractivity contribution in [3.05, 3.63) is 42.2 Å². The first-order chi connectivity index (χ1) is 9.82. The number of sulfone groups is 1. The van der Waals surface area contributed by atoms with Gasteiger partial charge in [0.05, 0.1) is 27.6 Å². The highest BCUT2D eigenvalue weighted by molar-refractivity contribution is 7.92. The van der Waals surface area contributed by atoms with Gasteiger partial charge in [0.2, 0.25) is 0 Å². The standard InChI is InChI=1S/C14H17N3O3S/c1-10(2)21(19,20)13-7-5-4-6-12(13)14(18)16-11-8-15-17(3)9-11/h4-10H,1-3H3,(H,16,18). The summed E-state index contributed by atoms with van der Waals surface area (Å²) >= 11 is 0. The molecular weight excluding hydrogens is 290 g/mol. The Morgan fingerprint density at radius 1 is 1.29 bits per heavy atom. The average Bonchev–Trinajstić information content (AvgIpc) is 2.83. The van der Waals surface area contributed by atoms with Crippen molar-refractivity contribution in [1.29, 1.82) is 0 Å². The summed E-state index contributed by atoms with van der Waals surface area (Å²) in [6.07, 6.45) is 3.13. The molecule has 7 heteroatoms.